The average Bonchev–Trinajstić information content (AvgIpc) is 2.60. The minimum Gasteiger partial charge on any atom is -0.344 e. The highest BCUT2D eigenvalue weighted by molar-refractivity contribution is 4.91. The summed E-state index contributed by atoms with van der Waals surface area (Å²) >= 11 is 0. The molecule has 0 aromatic carbocycles. The Morgan fingerprint density at radius 1 is 1.27 bits per heavy atom. The molecule has 2 unspecified atom stereocenters. The molecule has 11 heavy (non-hydrogen) atoms. The summed E-state index contributed by atoms with van der Waals surface area (Å²) in [7, 11) is 0. The molecule has 2 saturated carbocycles. The number of nitrogens with two attached hydrogens (primary N) is 1. The molecule has 0 aromatic heterocycles. The van der Waals surface area contributed by atoms with E-state index in [0.717, 1.165) is 13.0 Å². The molecule has 5 N–H and O–H groups in total. The van der Waals surface area contributed by atoms with E-state index in [4.69, 9.17) is 5.73 Å². The van der Waals surface area contributed by atoms with Crippen LogP contribution in [0.1, 0.15) is 39.0 Å². The summed E-state index contributed by atoms with van der Waals surface area (Å²) in [6.45, 7) is 2.88. The fourth-order valence-corrected chi connectivity index (χ4v) is 1.66. The van der Waals surface area contributed by atoms with Crippen molar-refractivity contribution in [2.45, 2.75) is 39.0 Å². The minimum absolute atomic E-state index is 0. The molecule has 2 rings (SSSR count). The van der Waals surface area contributed by atoms with Gasteiger partial charge >= 0.3 is 0 Å². The van der Waals surface area contributed by atoms with E-state index in [9.17, 15) is 0 Å². The van der Waals surface area contributed by atoms with Gasteiger partial charge in [-0.15, -0.1) is 0 Å². The topological polar surface area (TPSA) is 61.0 Å². The molecular formula is C9H22N2. The van der Waals surface area contributed by atoms with Crippen molar-refractivity contribution < 1.29 is 0 Å². The quantitative estimate of drug-likeness (QED) is 0.615. The summed E-state index contributed by atoms with van der Waals surface area (Å²) < 4.78 is 0. The zero-order valence-electron chi connectivity index (χ0n) is 7.68. The second-order valence-electron chi connectivity index (χ2n) is 3.48. The van der Waals surface area contributed by atoms with Gasteiger partial charge in [0.25, 0.3) is 0 Å². The van der Waals surface area contributed by atoms with Crippen molar-refractivity contribution in [3.05, 3.63) is 0 Å². The third kappa shape index (κ3) is 3.73. The molecule has 0 radical (unpaired) electrons. The molecule has 68 valence electrons. The third-order valence-electron chi connectivity index (χ3n) is 2.51. The molecule has 2 aliphatic carbocycles. The molecule has 2 aliphatic rings. The number of rotatable bonds is 1. The first kappa shape index (κ1) is 10.9. The SMILES string of the molecule is C1CC2CC2C1.CCCN.N. The van der Waals surface area contributed by atoms with Crippen molar-refractivity contribution in [3.8, 4) is 0 Å². The van der Waals surface area contributed by atoms with E-state index in [2.05, 4.69) is 6.92 Å². The van der Waals surface area contributed by atoms with E-state index in [0.29, 0.717) is 0 Å². The highest BCUT2D eigenvalue weighted by atomic mass is 14.5. The molecule has 2 fully saturated rings. The molecule has 0 spiro atoms. The second kappa shape index (κ2) is 5.56. The maximum absolute atomic E-state index is 5.03. The summed E-state index contributed by atoms with van der Waals surface area (Å²) in [4.78, 5) is 0. The predicted molar refractivity (Wildman–Crippen MR) is 49.8 cm³/mol. The average molecular weight is 158 g/mol. The Morgan fingerprint density at radius 3 is 1.82 bits per heavy atom. The van der Waals surface area contributed by atoms with E-state index in [1.54, 1.807) is 19.3 Å². The molecule has 0 saturated heterocycles. The van der Waals surface area contributed by atoms with Crippen molar-refractivity contribution in [1.82, 2.24) is 6.15 Å². The first-order valence-electron chi connectivity index (χ1n) is 4.58. The van der Waals surface area contributed by atoms with Crippen LogP contribution in [0.25, 0.3) is 0 Å². The smallest absolute Gasteiger partial charge is 0.00799 e. The van der Waals surface area contributed by atoms with Crippen LogP contribution in [0, 0.1) is 11.8 Å². The van der Waals surface area contributed by atoms with Crippen molar-refractivity contribution >= 4 is 0 Å². The monoisotopic (exact) mass is 158 g/mol. The van der Waals surface area contributed by atoms with Gasteiger partial charge in [-0.2, -0.15) is 0 Å². The van der Waals surface area contributed by atoms with Crippen LogP contribution in [-0.4, -0.2) is 6.54 Å². The Kier molecular flexibility index (Phi) is 5.51. The number of hydrogen-bond donors (Lipinski definition) is 2. The van der Waals surface area contributed by atoms with Crippen molar-refractivity contribution in [1.29, 1.82) is 0 Å². The van der Waals surface area contributed by atoms with E-state index < -0.39 is 0 Å². The lowest BCUT2D eigenvalue weighted by atomic mass is 10.3. The van der Waals surface area contributed by atoms with Gasteiger partial charge in [0, 0.05) is 0 Å². The third-order valence-corrected chi connectivity index (χ3v) is 2.51. The Labute approximate surface area is 70.1 Å². The predicted octanol–water partition coefficient (Wildman–Crippen LogP) is 2.32. The molecule has 0 bridgehead atoms. The van der Waals surface area contributed by atoms with Gasteiger partial charge in [0.15, 0.2) is 0 Å². The van der Waals surface area contributed by atoms with E-state index in [1.807, 2.05) is 0 Å². The Hall–Kier alpha value is -0.0800. The Morgan fingerprint density at radius 2 is 1.73 bits per heavy atom. The van der Waals surface area contributed by atoms with Gasteiger partial charge in [-0.05, 0) is 31.2 Å². The summed E-state index contributed by atoms with van der Waals surface area (Å²) in [5.74, 6) is 2.43. The molecule has 0 aliphatic heterocycles. The van der Waals surface area contributed by atoms with Crippen molar-refractivity contribution in [3.63, 3.8) is 0 Å². The molecule has 2 atom stereocenters. The Bertz CT molecular complexity index is 83.6. The maximum Gasteiger partial charge on any atom is -0.00799 e. The first-order chi connectivity index (χ1) is 4.88. The first-order valence-corrected chi connectivity index (χ1v) is 4.58. The number of hydrogen-bond acceptors (Lipinski definition) is 2. The minimum atomic E-state index is 0. The van der Waals surface area contributed by atoms with Crippen molar-refractivity contribution in [2.75, 3.05) is 6.54 Å². The molecule has 0 heterocycles. The summed E-state index contributed by atoms with van der Waals surface area (Å²) in [6, 6.07) is 0. The van der Waals surface area contributed by atoms with Gasteiger partial charge in [0.05, 0.1) is 0 Å². The number of fused-ring (bicyclic) bond motifs is 1. The van der Waals surface area contributed by atoms with E-state index in [-0.39, 0.29) is 6.15 Å². The summed E-state index contributed by atoms with van der Waals surface area (Å²) in [5.41, 5.74) is 5.03. The second-order valence-corrected chi connectivity index (χ2v) is 3.48. The normalized spacial score (nSPS) is 31.1. The lowest BCUT2D eigenvalue weighted by Crippen LogP contribution is -1.93. The zero-order valence-corrected chi connectivity index (χ0v) is 7.68. The Balaban J connectivity index is 0.000000183. The van der Waals surface area contributed by atoms with Gasteiger partial charge in [-0.1, -0.05) is 26.2 Å². The molecular weight excluding hydrogens is 136 g/mol. The van der Waals surface area contributed by atoms with E-state index >= 15 is 0 Å². The van der Waals surface area contributed by atoms with Crippen LogP contribution in [0.4, 0.5) is 0 Å². The summed E-state index contributed by atoms with van der Waals surface area (Å²) in [5, 5.41) is 0. The fraction of sp³-hybridized carbons (Fsp3) is 1.00. The molecule has 0 aromatic rings. The summed E-state index contributed by atoms with van der Waals surface area (Å²) in [6.07, 6.45) is 7.34. The zero-order chi connectivity index (χ0) is 7.40. The van der Waals surface area contributed by atoms with Gasteiger partial charge < -0.3 is 11.9 Å². The van der Waals surface area contributed by atoms with Crippen LogP contribution in [0.5, 0.6) is 0 Å². The molecule has 2 nitrogen and oxygen atoms in total. The van der Waals surface area contributed by atoms with Crippen LogP contribution >= 0.6 is 0 Å². The highest BCUT2D eigenvalue weighted by Crippen LogP contribution is 2.51. The molecule has 0 amide bonds. The van der Waals surface area contributed by atoms with Crippen LogP contribution < -0.4 is 11.9 Å². The fourth-order valence-electron chi connectivity index (χ4n) is 1.66. The van der Waals surface area contributed by atoms with Crippen LogP contribution in [0.2, 0.25) is 0 Å². The highest BCUT2D eigenvalue weighted by Gasteiger charge is 2.40. The van der Waals surface area contributed by atoms with Gasteiger partial charge in [-0.3, -0.25) is 0 Å². The van der Waals surface area contributed by atoms with Crippen LogP contribution in [0.15, 0.2) is 0 Å². The van der Waals surface area contributed by atoms with Crippen LogP contribution in [-0.2, 0) is 0 Å². The van der Waals surface area contributed by atoms with Gasteiger partial charge in [0.1, 0.15) is 0 Å². The lowest BCUT2D eigenvalue weighted by molar-refractivity contribution is 0.735. The maximum atomic E-state index is 5.03. The van der Waals surface area contributed by atoms with Crippen LogP contribution in [0.3, 0.4) is 0 Å². The van der Waals surface area contributed by atoms with Gasteiger partial charge in [-0.25, -0.2) is 0 Å². The standard InChI is InChI=1S/C6H10.C3H9N.H3N/c1-2-5-4-6(5)3-1;1-2-3-4;/h5-6H,1-4H2;2-4H2,1H3;1H3. The van der Waals surface area contributed by atoms with Crippen molar-refractivity contribution in [2.24, 2.45) is 17.6 Å². The van der Waals surface area contributed by atoms with Gasteiger partial charge in [0.2, 0.25) is 0 Å². The lowest BCUT2D eigenvalue weighted by Gasteiger charge is -1.80. The van der Waals surface area contributed by atoms with E-state index in [1.165, 1.54) is 18.3 Å². The largest absolute Gasteiger partial charge is 0.344 e. The molecule has 2 heteroatoms.